The number of benzene rings is 1. The summed E-state index contributed by atoms with van der Waals surface area (Å²) in [6.45, 7) is 3.66. The topological polar surface area (TPSA) is 50.1 Å². The molecular weight excluding hydrogens is 214 g/mol. The maximum absolute atomic E-state index is 11.2. The molecule has 0 aromatic heterocycles. The Hall–Kier alpha value is -1.53. The van der Waals surface area contributed by atoms with E-state index in [1.807, 2.05) is 6.07 Å². The van der Waals surface area contributed by atoms with Gasteiger partial charge in [-0.25, -0.2) is 0 Å². The van der Waals surface area contributed by atoms with Crippen molar-refractivity contribution in [2.75, 3.05) is 6.61 Å². The molecule has 0 aliphatic heterocycles. The number of carbonyl (C=O) groups is 1. The summed E-state index contributed by atoms with van der Waals surface area (Å²) in [5.74, 6) is 0.250. The van der Waals surface area contributed by atoms with Crippen LogP contribution in [-0.4, -0.2) is 12.4 Å². The highest BCUT2D eigenvalue weighted by Crippen LogP contribution is 2.28. The zero-order valence-corrected chi connectivity index (χ0v) is 9.26. The summed E-state index contributed by atoms with van der Waals surface area (Å²) in [6.07, 6.45) is 0. The van der Waals surface area contributed by atoms with E-state index in [0.29, 0.717) is 17.9 Å². The summed E-state index contributed by atoms with van der Waals surface area (Å²) in [5, 5.41) is 9.10. The van der Waals surface area contributed by atoms with Crippen molar-refractivity contribution < 1.29 is 9.53 Å². The highest BCUT2D eigenvalue weighted by atomic mass is 35.5. The number of hydrogen-bond donors (Lipinski definition) is 0. The van der Waals surface area contributed by atoms with Crippen molar-refractivity contribution in [1.82, 2.24) is 0 Å². The van der Waals surface area contributed by atoms with Crippen molar-refractivity contribution in [3.8, 4) is 11.8 Å². The van der Waals surface area contributed by atoms with Gasteiger partial charge >= 0.3 is 0 Å². The summed E-state index contributed by atoms with van der Waals surface area (Å²) < 4.78 is 5.24. The van der Waals surface area contributed by atoms with Crippen molar-refractivity contribution in [3.63, 3.8) is 0 Å². The molecule has 0 radical (unpaired) electrons. The quantitative estimate of drug-likeness (QED) is 0.741. The van der Waals surface area contributed by atoms with E-state index >= 15 is 0 Å². The molecule has 0 fully saturated rings. The van der Waals surface area contributed by atoms with Gasteiger partial charge < -0.3 is 4.74 Å². The number of hydrogen-bond acceptors (Lipinski definition) is 3. The second kappa shape index (κ2) is 4.81. The number of carbonyl (C=O) groups excluding carboxylic acids is 1. The average Bonchev–Trinajstić information content (AvgIpc) is 2.17. The van der Waals surface area contributed by atoms with E-state index in [0.717, 1.165) is 0 Å². The average molecular weight is 224 g/mol. The SMILES string of the molecule is CCOc1cc(C(C)=O)cc(Cl)c1C#N. The van der Waals surface area contributed by atoms with Crippen molar-refractivity contribution >= 4 is 17.4 Å². The van der Waals surface area contributed by atoms with Gasteiger partial charge in [0.05, 0.1) is 11.6 Å². The second-order valence-corrected chi connectivity index (χ2v) is 3.34. The first-order valence-corrected chi connectivity index (χ1v) is 4.85. The molecule has 1 aromatic carbocycles. The van der Waals surface area contributed by atoms with E-state index in [2.05, 4.69) is 0 Å². The van der Waals surface area contributed by atoms with Gasteiger partial charge in [0.2, 0.25) is 0 Å². The summed E-state index contributed by atoms with van der Waals surface area (Å²) in [6, 6.07) is 4.96. The van der Waals surface area contributed by atoms with E-state index in [4.69, 9.17) is 21.6 Å². The molecule has 3 nitrogen and oxygen atoms in total. The third-order valence-electron chi connectivity index (χ3n) is 1.87. The monoisotopic (exact) mass is 223 g/mol. The Bertz CT molecular complexity index is 435. The molecule has 0 spiro atoms. The third-order valence-corrected chi connectivity index (χ3v) is 2.17. The highest BCUT2D eigenvalue weighted by Gasteiger charge is 2.12. The van der Waals surface area contributed by atoms with Crippen LogP contribution in [0.3, 0.4) is 0 Å². The van der Waals surface area contributed by atoms with E-state index in [1.165, 1.54) is 19.1 Å². The number of ketones is 1. The Morgan fingerprint density at radius 2 is 2.27 bits per heavy atom. The van der Waals surface area contributed by atoms with Crippen molar-refractivity contribution in [1.29, 1.82) is 5.26 Å². The summed E-state index contributed by atoms with van der Waals surface area (Å²) in [7, 11) is 0. The largest absolute Gasteiger partial charge is 0.492 e. The van der Waals surface area contributed by atoms with Crippen LogP contribution < -0.4 is 4.74 Å². The molecule has 0 saturated heterocycles. The lowest BCUT2D eigenvalue weighted by molar-refractivity contribution is 0.101. The van der Waals surface area contributed by atoms with Gasteiger partial charge in [-0.2, -0.15) is 5.26 Å². The van der Waals surface area contributed by atoms with Crippen LogP contribution in [0.25, 0.3) is 0 Å². The van der Waals surface area contributed by atoms with Gasteiger partial charge in [-0.3, -0.25) is 4.79 Å². The zero-order valence-electron chi connectivity index (χ0n) is 8.50. The predicted molar refractivity (Wildman–Crippen MR) is 57.3 cm³/mol. The zero-order chi connectivity index (χ0) is 11.4. The standard InChI is InChI=1S/C11H10ClNO2/c1-3-15-11-5-8(7(2)14)4-10(12)9(11)6-13/h4-5H,3H2,1-2H3. The Kier molecular flexibility index (Phi) is 3.70. The number of nitriles is 1. The maximum Gasteiger partial charge on any atom is 0.159 e. The molecule has 15 heavy (non-hydrogen) atoms. The van der Waals surface area contributed by atoms with Crippen LogP contribution in [-0.2, 0) is 0 Å². The fourth-order valence-electron chi connectivity index (χ4n) is 1.16. The van der Waals surface area contributed by atoms with Crippen LogP contribution in [0.1, 0.15) is 29.8 Å². The van der Waals surface area contributed by atoms with Gasteiger partial charge in [-0.15, -0.1) is 0 Å². The smallest absolute Gasteiger partial charge is 0.159 e. The molecule has 4 heteroatoms. The number of rotatable bonds is 3. The Labute approximate surface area is 93.2 Å². The fourth-order valence-corrected chi connectivity index (χ4v) is 1.42. The first-order valence-electron chi connectivity index (χ1n) is 4.47. The molecule has 0 bridgehead atoms. The second-order valence-electron chi connectivity index (χ2n) is 2.93. The van der Waals surface area contributed by atoms with Gasteiger partial charge in [-0.05, 0) is 26.0 Å². The van der Waals surface area contributed by atoms with E-state index in [1.54, 1.807) is 6.92 Å². The highest BCUT2D eigenvalue weighted by molar-refractivity contribution is 6.32. The van der Waals surface area contributed by atoms with E-state index in [-0.39, 0.29) is 16.4 Å². The lowest BCUT2D eigenvalue weighted by Gasteiger charge is -2.08. The fraction of sp³-hybridized carbons (Fsp3) is 0.273. The molecule has 0 atom stereocenters. The third kappa shape index (κ3) is 2.48. The molecule has 0 aliphatic carbocycles. The minimum atomic E-state index is -0.109. The Morgan fingerprint density at radius 3 is 2.73 bits per heavy atom. The van der Waals surface area contributed by atoms with Crippen LogP contribution in [0.4, 0.5) is 0 Å². The van der Waals surface area contributed by atoms with E-state index < -0.39 is 0 Å². The van der Waals surface area contributed by atoms with Crippen molar-refractivity contribution in [2.45, 2.75) is 13.8 Å². The molecule has 0 aliphatic rings. The molecule has 0 heterocycles. The molecule has 0 N–H and O–H groups in total. The Morgan fingerprint density at radius 1 is 1.60 bits per heavy atom. The van der Waals surface area contributed by atoms with Crippen LogP contribution >= 0.6 is 11.6 Å². The van der Waals surface area contributed by atoms with Crippen molar-refractivity contribution in [2.24, 2.45) is 0 Å². The van der Waals surface area contributed by atoms with Gasteiger partial charge in [0.25, 0.3) is 0 Å². The summed E-state index contributed by atoms with van der Waals surface area (Å²) >= 11 is 5.86. The first kappa shape index (κ1) is 11.5. The number of halogens is 1. The predicted octanol–water partition coefficient (Wildman–Crippen LogP) is 2.81. The summed E-state index contributed by atoms with van der Waals surface area (Å²) in [5.41, 5.74) is 0.714. The Balaban J connectivity index is 3.33. The van der Waals surface area contributed by atoms with E-state index in [9.17, 15) is 4.79 Å². The lowest BCUT2D eigenvalue weighted by atomic mass is 10.1. The van der Waals surface area contributed by atoms with Gasteiger partial charge in [0.1, 0.15) is 17.4 Å². The first-order chi connectivity index (χ1) is 7.10. The van der Waals surface area contributed by atoms with Crippen molar-refractivity contribution in [3.05, 3.63) is 28.3 Å². The molecule has 78 valence electrons. The number of ether oxygens (including phenoxy) is 1. The summed E-state index contributed by atoms with van der Waals surface area (Å²) in [4.78, 5) is 11.2. The van der Waals surface area contributed by atoms with Crippen LogP contribution in [0.15, 0.2) is 12.1 Å². The number of nitrogens with zero attached hydrogens (tertiary/aromatic N) is 1. The minimum Gasteiger partial charge on any atom is -0.492 e. The normalized spacial score (nSPS) is 9.47. The maximum atomic E-state index is 11.2. The van der Waals surface area contributed by atoms with Crippen LogP contribution in [0.5, 0.6) is 5.75 Å². The molecule has 0 amide bonds. The molecule has 1 rings (SSSR count). The molecule has 0 saturated carbocycles. The van der Waals surface area contributed by atoms with Crippen LogP contribution in [0, 0.1) is 11.3 Å². The number of Topliss-reactive ketones (excluding diaryl/α,β-unsaturated/α-hetero) is 1. The van der Waals surface area contributed by atoms with Gasteiger partial charge in [0, 0.05) is 5.56 Å². The lowest BCUT2D eigenvalue weighted by Crippen LogP contribution is -1.99. The minimum absolute atomic E-state index is 0.109. The molecular formula is C11H10ClNO2. The van der Waals surface area contributed by atoms with Gasteiger partial charge in [0.15, 0.2) is 5.78 Å². The van der Waals surface area contributed by atoms with Crippen LogP contribution in [0.2, 0.25) is 5.02 Å². The van der Waals surface area contributed by atoms with Gasteiger partial charge in [-0.1, -0.05) is 11.6 Å². The molecule has 0 unspecified atom stereocenters. The molecule has 1 aromatic rings.